The van der Waals surface area contributed by atoms with Crippen molar-refractivity contribution < 1.29 is 9.21 Å². The second-order valence-corrected chi connectivity index (χ2v) is 4.83. The minimum Gasteiger partial charge on any atom is -0.408 e. The van der Waals surface area contributed by atoms with E-state index in [9.17, 15) is 9.59 Å². The Morgan fingerprint density at radius 2 is 2.32 bits per heavy atom. The number of aromatic amines is 1. The van der Waals surface area contributed by atoms with Crippen LogP contribution in [0.15, 0.2) is 32.8 Å². The molecule has 0 saturated carbocycles. The molecule has 2 heterocycles. The second-order valence-electron chi connectivity index (χ2n) is 3.97. The number of benzene rings is 1. The SMILES string of the molecule is Cc1csc(NC(=O)c2ccc3[nH]c(=O)oc3c2)n1. The summed E-state index contributed by atoms with van der Waals surface area (Å²) in [7, 11) is 0. The maximum atomic E-state index is 12.0. The van der Waals surface area contributed by atoms with Crippen molar-refractivity contribution in [3.05, 3.63) is 45.4 Å². The van der Waals surface area contributed by atoms with Gasteiger partial charge >= 0.3 is 5.76 Å². The molecule has 2 aromatic heterocycles. The first-order valence-electron chi connectivity index (χ1n) is 5.48. The third-order valence-corrected chi connectivity index (χ3v) is 3.40. The van der Waals surface area contributed by atoms with E-state index in [1.165, 1.54) is 17.4 Å². The summed E-state index contributed by atoms with van der Waals surface area (Å²) in [5, 5.41) is 5.08. The third kappa shape index (κ3) is 2.27. The van der Waals surface area contributed by atoms with Crippen LogP contribution in [-0.4, -0.2) is 15.9 Å². The van der Waals surface area contributed by atoms with Crippen molar-refractivity contribution in [2.24, 2.45) is 0 Å². The van der Waals surface area contributed by atoms with E-state index in [1.54, 1.807) is 12.1 Å². The smallest absolute Gasteiger partial charge is 0.408 e. The Morgan fingerprint density at radius 1 is 1.47 bits per heavy atom. The summed E-state index contributed by atoms with van der Waals surface area (Å²) in [6.07, 6.45) is 0. The molecule has 0 radical (unpaired) electrons. The first-order valence-corrected chi connectivity index (χ1v) is 6.36. The molecule has 0 aliphatic carbocycles. The van der Waals surface area contributed by atoms with Crippen LogP contribution in [0.3, 0.4) is 0 Å². The van der Waals surface area contributed by atoms with Crippen LogP contribution in [0.25, 0.3) is 11.1 Å². The Kier molecular flexibility index (Phi) is 2.68. The Balaban J connectivity index is 1.90. The van der Waals surface area contributed by atoms with Crippen molar-refractivity contribution in [1.82, 2.24) is 9.97 Å². The zero-order chi connectivity index (χ0) is 13.4. The largest absolute Gasteiger partial charge is 0.417 e. The molecule has 0 spiro atoms. The third-order valence-electron chi connectivity index (χ3n) is 2.52. The maximum absolute atomic E-state index is 12.0. The molecule has 0 saturated heterocycles. The van der Waals surface area contributed by atoms with Gasteiger partial charge in [-0.2, -0.15) is 0 Å². The Hall–Kier alpha value is -2.41. The van der Waals surface area contributed by atoms with Crippen molar-refractivity contribution >= 4 is 33.5 Å². The van der Waals surface area contributed by atoms with Crippen molar-refractivity contribution in [3.8, 4) is 0 Å². The van der Waals surface area contributed by atoms with E-state index in [1.807, 2.05) is 12.3 Å². The molecule has 0 fully saturated rings. The number of carbonyl (C=O) groups excluding carboxylic acids is 1. The highest BCUT2D eigenvalue weighted by Gasteiger charge is 2.10. The number of amides is 1. The standard InChI is InChI=1S/C12H9N3O3S/c1-6-5-19-11(13-6)15-10(16)7-2-3-8-9(4-7)18-12(17)14-8/h2-5H,1H3,(H,14,17)(H,13,15,16). The lowest BCUT2D eigenvalue weighted by Crippen LogP contribution is -2.11. The van der Waals surface area contributed by atoms with E-state index in [0.717, 1.165) is 5.69 Å². The van der Waals surface area contributed by atoms with Crippen molar-refractivity contribution in [2.45, 2.75) is 6.92 Å². The van der Waals surface area contributed by atoms with E-state index < -0.39 is 5.76 Å². The van der Waals surface area contributed by atoms with E-state index in [4.69, 9.17) is 4.42 Å². The van der Waals surface area contributed by atoms with Gasteiger partial charge in [0.25, 0.3) is 5.91 Å². The van der Waals surface area contributed by atoms with Crippen LogP contribution in [-0.2, 0) is 0 Å². The minimum absolute atomic E-state index is 0.292. The zero-order valence-corrected chi connectivity index (χ0v) is 10.7. The summed E-state index contributed by atoms with van der Waals surface area (Å²) in [6, 6.07) is 4.76. The van der Waals surface area contributed by atoms with E-state index >= 15 is 0 Å². The number of fused-ring (bicyclic) bond motifs is 1. The molecule has 0 unspecified atom stereocenters. The molecule has 2 N–H and O–H groups in total. The van der Waals surface area contributed by atoms with E-state index in [-0.39, 0.29) is 5.91 Å². The Morgan fingerprint density at radius 3 is 3.05 bits per heavy atom. The average Bonchev–Trinajstić information content (AvgIpc) is 2.93. The molecule has 0 aliphatic heterocycles. The van der Waals surface area contributed by atoms with Gasteiger partial charge in [0.1, 0.15) is 0 Å². The zero-order valence-electron chi connectivity index (χ0n) is 9.89. The lowest BCUT2D eigenvalue weighted by Gasteiger charge is -2.00. The predicted octanol–water partition coefficient (Wildman–Crippen LogP) is 2.14. The monoisotopic (exact) mass is 275 g/mol. The van der Waals surface area contributed by atoms with Crippen LogP contribution < -0.4 is 11.1 Å². The van der Waals surface area contributed by atoms with Gasteiger partial charge in [0.15, 0.2) is 10.7 Å². The fraction of sp³-hybridized carbons (Fsp3) is 0.0833. The molecule has 3 aromatic rings. The fourth-order valence-electron chi connectivity index (χ4n) is 1.67. The average molecular weight is 275 g/mol. The van der Waals surface area contributed by atoms with Gasteiger partial charge in [-0.15, -0.1) is 11.3 Å². The lowest BCUT2D eigenvalue weighted by atomic mass is 10.2. The fourth-order valence-corrected chi connectivity index (χ4v) is 2.35. The Bertz CT molecular complexity index is 815. The van der Waals surface area contributed by atoms with Gasteiger partial charge in [0, 0.05) is 10.9 Å². The molecule has 19 heavy (non-hydrogen) atoms. The number of aryl methyl sites for hydroxylation is 1. The van der Waals surface area contributed by atoms with Gasteiger partial charge in [-0.3, -0.25) is 15.1 Å². The van der Waals surface area contributed by atoms with Crippen molar-refractivity contribution in [3.63, 3.8) is 0 Å². The summed E-state index contributed by atoms with van der Waals surface area (Å²) in [4.78, 5) is 29.7. The van der Waals surface area contributed by atoms with Gasteiger partial charge in [-0.05, 0) is 25.1 Å². The molecule has 0 aliphatic rings. The number of thiazole rings is 1. The van der Waals surface area contributed by atoms with Crippen LogP contribution in [0, 0.1) is 6.92 Å². The van der Waals surface area contributed by atoms with Gasteiger partial charge < -0.3 is 4.42 Å². The normalized spacial score (nSPS) is 10.8. The van der Waals surface area contributed by atoms with E-state index in [2.05, 4.69) is 15.3 Å². The number of rotatable bonds is 2. The van der Waals surface area contributed by atoms with Crippen LogP contribution in [0.1, 0.15) is 16.1 Å². The highest BCUT2D eigenvalue weighted by molar-refractivity contribution is 7.13. The molecular weight excluding hydrogens is 266 g/mol. The first-order chi connectivity index (χ1) is 9.11. The van der Waals surface area contributed by atoms with Crippen molar-refractivity contribution in [1.29, 1.82) is 0 Å². The van der Waals surface area contributed by atoms with Gasteiger partial charge in [0.05, 0.1) is 11.2 Å². The number of hydrogen-bond acceptors (Lipinski definition) is 5. The van der Waals surface area contributed by atoms with Crippen LogP contribution in [0.4, 0.5) is 5.13 Å². The highest BCUT2D eigenvalue weighted by atomic mass is 32.1. The topological polar surface area (TPSA) is 88.0 Å². The summed E-state index contributed by atoms with van der Waals surface area (Å²) in [5.41, 5.74) is 2.18. The number of aromatic nitrogens is 2. The molecular formula is C12H9N3O3S. The van der Waals surface area contributed by atoms with Gasteiger partial charge in [0.2, 0.25) is 0 Å². The molecule has 6 nitrogen and oxygen atoms in total. The van der Waals surface area contributed by atoms with Crippen molar-refractivity contribution in [2.75, 3.05) is 5.32 Å². The molecule has 0 atom stereocenters. The van der Waals surface area contributed by atoms with Gasteiger partial charge in [-0.25, -0.2) is 9.78 Å². The number of nitrogens with zero attached hydrogens (tertiary/aromatic N) is 1. The quantitative estimate of drug-likeness (QED) is 0.750. The van der Waals surface area contributed by atoms with Crippen LogP contribution >= 0.6 is 11.3 Å². The molecule has 96 valence electrons. The summed E-state index contributed by atoms with van der Waals surface area (Å²) in [5.74, 6) is -0.830. The number of oxazole rings is 1. The summed E-state index contributed by atoms with van der Waals surface area (Å²) < 4.78 is 4.91. The lowest BCUT2D eigenvalue weighted by molar-refractivity contribution is 0.102. The second kappa shape index (κ2) is 4.36. The minimum atomic E-state index is -0.539. The maximum Gasteiger partial charge on any atom is 0.417 e. The molecule has 1 aromatic carbocycles. The molecule has 0 bridgehead atoms. The van der Waals surface area contributed by atoms with Gasteiger partial charge in [-0.1, -0.05) is 0 Å². The number of H-pyrrole nitrogens is 1. The van der Waals surface area contributed by atoms with Crippen LogP contribution in [0.5, 0.6) is 0 Å². The molecule has 7 heteroatoms. The van der Waals surface area contributed by atoms with Crippen LogP contribution in [0.2, 0.25) is 0 Å². The predicted molar refractivity (Wildman–Crippen MR) is 71.6 cm³/mol. The number of carbonyl (C=O) groups is 1. The summed E-state index contributed by atoms with van der Waals surface area (Å²) >= 11 is 1.36. The Labute approximate surface area is 111 Å². The first kappa shape index (κ1) is 11.7. The highest BCUT2D eigenvalue weighted by Crippen LogP contribution is 2.17. The molecule has 1 amide bonds. The number of anilines is 1. The number of hydrogen-bond donors (Lipinski definition) is 2. The molecule has 3 rings (SSSR count). The summed E-state index contributed by atoms with van der Waals surface area (Å²) in [6.45, 7) is 1.85. The van der Waals surface area contributed by atoms with E-state index in [0.29, 0.717) is 21.8 Å². The number of nitrogens with one attached hydrogen (secondary N) is 2.